The number of rotatable bonds is 4. The smallest absolute Gasteiger partial charge is 0.118 e. The molecule has 31 heavy (non-hydrogen) atoms. The monoisotopic (exact) mass is 429 g/mol. The van der Waals surface area contributed by atoms with Gasteiger partial charge in [-0.05, 0) is 53.3 Å². The van der Waals surface area contributed by atoms with Crippen LogP contribution in [0.4, 0.5) is 0 Å². The van der Waals surface area contributed by atoms with Gasteiger partial charge in [0, 0.05) is 16.7 Å². The van der Waals surface area contributed by atoms with E-state index in [0.29, 0.717) is 0 Å². The number of methoxy groups -OCH3 is 1. The fourth-order valence-corrected chi connectivity index (χ4v) is 3.31. The molecule has 4 heteroatoms. The van der Waals surface area contributed by atoms with Gasteiger partial charge in [-0.2, -0.15) is 0 Å². The maximum absolute atomic E-state index is 9.67. The zero-order valence-electron chi connectivity index (χ0n) is 18.2. The zero-order valence-corrected chi connectivity index (χ0v) is 19.3. The Hall–Kier alpha value is -3.16. The van der Waals surface area contributed by atoms with Gasteiger partial charge in [0.2, 0.25) is 0 Å². The van der Waals surface area contributed by atoms with Crippen LogP contribution < -0.4 is 10.0 Å². The maximum atomic E-state index is 9.67. The van der Waals surface area contributed by atoms with E-state index in [-0.39, 0.29) is 5.75 Å². The molecule has 3 aromatic carbocycles. The summed E-state index contributed by atoms with van der Waals surface area (Å²) in [6.07, 6.45) is 1.25. The summed E-state index contributed by atoms with van der Waals surface area (Å²) in [5, 5.41) is 10.8. The number of aromatic hydroxyl groups is 1. The van der Waals surface area contributed by atoms with Crippen LogP contribution >= 0.6 is 9.24 Å². The van der Waals surface area contributed by atoms with Crippen molar-refractivity contribution >= 4 is 14.5 Å². The van der Waals surface area contributed by atoms with Crippen LogP contribution in [0.25, 0.3) is 33.6 Å². The van der Waals surface area contributed by atoms with Crippen molar-refractivity contribution in [1.29, 1.82) is 0 Å². The van der Waals surface area contributed by atoms with Gasteiger partial charge >= 0.3 is 0 Å². The lowest BCUT2D eigenvalue weighted by Crippen LogP contribution is -1.94. The summed E-state index contributed by atoms with van der Waals surface area (Å²) >= 11 is 0. The van der Waals surface area contributed by atoms with Crippen molar-refractivity contribution < 1.29 is 9.84 Å². The van der Waals surface area contributed by atoms with Gasteiger partial charge in [0.1, 0.15) is 11.5 Å². The third-order valence-electron chi connectivity index (χ3n) is 4.64. The molecule has 0 aliphatic carbocycles. The highest BCUT2D eigenvalue weighted by Gasteiger charge is 2.12. The third-order valence-corrected chi connectivity index (χ3v) is 5.03. The predicted octanol–water partition coefficient (Wildman–Crippen LogP) is 6.71. The molecule has 1 atom stereocenters. The zero-order chi connectivity index (χ0) is 22.2. The number of phenols is 1. The van der Waals surface area contributed by atoms with Crippen LogP contribution in [0.3, 0.4) is 0 Å². The topological polar surface area (TPSA) is 42.4 Å². The number of hydrogen-bond donors (Lipinski definition) is 1. The van der Waals surface area contributed by atoms with Gasteiger partial charge in [-0.3, -0.25) is 0 Å². The minimum absolute atomic E-state index is 0.238. The normalized spacial score (nSPS) is 10.2. The minimum Gasteiger partial charge on any atom is -0.508 e. The van der Waals surface area contributed by atoms with E-state index in [1.807, 2.05) is 42.5 Å². The standard InChI is InChI=1S/C24H20NO2P.C3H8/c1-27-20-10-4-16(5-11-20)22-14-15-23(17-6-12-21(28)13-7-17)25-24(22)18-2-8-19(26)9-3-18;1-3-2/h2-15,26H,28H2,1H3;3H2,1-2H3. The molecule has 0 saturated carbocycles. The Morgan fingerprint density at radius 2 is 1.29 bits per heavy atom. The van der Waals surface area contributed by atoms with E-state index >= 15 is 0 Å². The molecule has 158 valence electrons. The van der Waals surface area contributed by atoms with Gasteiger partial charge in [0.25, 0.3) is 0 Å². The number of nitrogens with zero attached hydrogens (tertiary/aromatic N) is 1. The Morgan fingerprint density at radius 1 is 0.742 bits per heavy atom. The minimum atomic E-state index is 0.238. The first-order valence-electron chi connectivity index (χ1n) is 10.4. The third kappa shape index (κ3) is 5.71. The summed E-state index contributed by atoms with van der Waals surface area (Å²) in [4.78, 5) is 4.97. The molecule has 0 bridgehead atoms. The molecule has 0 radical (unpaired) electrons. The number of hydrogen-bond acceptors (Lipinski definition) is 3. The second-order valence-corrected chi connectivity index (χ2v) is 7.86. The number of ether oxygens (including phenoxy) is 1. The van der Waals surface area contributed by atoms with E-state index in [4.69, 9.17) is 9.72 Å². The molecule has 1 aromatic heterocycles. The van der Waals surface area contributed by atoms with Gasteiger partial charge in [-0.15, -0.1) is 9.24 Å². The Balaban J connectivity index is 0.000000858. The molecular weight excluding hydrogens is 401 g/mol. The van der Waals surface area contributed by atoms with Crippen LogP contribution in [0.15, 0.2) is 84.9 Å². The lowest BCUT2D eigenvalue weighted by atomic mass is 9.97. The SMILES string of the molecule is CCC.COc1ccc(-c2ccc(-c3ccc(P)cc3)nc2-c2ccc(O)cc2)cc1. The summed E-state index contributed by atoms with van der Waals surface area (Å²) in [7, 11) is 4.36. The molecule has 1 unspecified atom stereocenters. The molecule has 4 aromatic rings. The Labute approximate surface area is 187 Å². The van der Waals surface area contributed by atoms with Gasteiger partial charge < -0.3 is 9.84 Å². The van der Waals surface area contributed by atoms with E-state index in [0.717, 1.165) is 44.7 Å². The summed E-state index contributed by atoms with van der Waals surface area (Å²) in [6, 6.07) is 27.5. The summed E-state index contributed by atoms with van der Waals surface area (Å²) in [5.74, 6) is 1.05. The second-order valence-electron chi connectivity index (χ2n) is 7.20. The molecule has 0 fully saturated rings. The van der Waals surface area contributed by atoms with Crippen molar-refractivity contribution in [3.8, 4) is 45.1 Å². The number of benzene rings is 3. The van der Waals surface area contributed by atoms with Crippen LogP contribution in [-0.2, 0) is 0 Å². The fraction of sp³-hybridized carbons (Fsp3) is 0.148. The average molecular weight is 430 g/mol. The van der Waals surface area contributed by atoms with Gasteiger partial charge in [-0.1, -0.05) is 62.7 Å². The first-order valence-corrected chi connectivity index (χ1v) is 10.9. The van der Waals surface area contributed by atoms with Gasteiger partial charge in [0.15, 0.2) is 0 Å². The van der Waals surface area contributed by atoms with Crippen molar-refractivity contribution in [2.24, 2.45) is 0 Å². The van der Waals surface area contributed by atoms with E-state index in [2.05, 4.69) is 53.4 Å². The summed E-state index contributed by atoms with van der Waals surface area (Å²) in [5.41, 5.74) is 5.88. The molecule has 0 spiro atoms. The van der Waals surface area contributed by atoms with E-state index in [1.54, 1.807) is 19.2 Å². The molecule has 3 nitrogen and oxygen atoms in total. The average Bonchev–Trinajstić information content (AvgIpc) is 2.80. The Bertz CT molecular complexity index is 1110. The van der Waals surface area contributed by atoms with Crippen LogP contribution in [0.2, 0.25) is 0 Å². The highest BCUT2D eigenvalue weighted by molar-refractivity contribution is 7.27. The highest BCUT2D eigenvalue weighted by atomic mass is 31.0. The largest absolute Gasteiger partial charge is 0.508 e. The van der Waals surface area contributed by atoms with Crippen molar-refractivity contribution in [2.45, 2.75) is 20.3 Å². The quantitative estimate of drug-likeness (QED) is 0.367. The van der Waals surface area contributed by atoms with Crippen LogP contribution in [-0.4, -0.2) is 17.2 Å². The lowest BCUT2D eigenvalue weighted by Gasteiger charge is -2.13. The van der Waals surface area contributed by atoms with E-state index < -0.39 is 0 Å². The second kappa shape index (κ2) is 10.7. The van der Waals surface area contributed by atoms with E-state index in [9.17, 15) is 5.11 Å². The molecular formula is C27H28NO2P. The Morgan fingerprint density at radius 3 is 1.87 bits per heavy atom. The number of phenolic OH excluding ortho intramolecular Hbond substituents is 1. The van der Waals surface area contributed by atoms with Crippen LogP contribution in [0.1, 0.15) is 20.3 Å². The lowest BCUT2D eigenvalue weighted by molar-refractivity contribution is 0.415. The first kappa shape index (κ1) is 22.5. The predicted molar refractivity (Wildman–Crippen MR) is 134 cm³/mol. The van der Waals surface area contributed by atoms with Crippen LogP contribution in [0, 0.1) is 0 Å². The molecule has 0 aliphatic rings. The van der Waals surface area contributed by atoms with Crippen molar-refractivity contribution in [1.82, 2.24) is 4.98 Å². The molecule has 4 rings (SSSR count). The molecule has 0 amide bonds. The first-order chi connectivity index (χ1) is 15.0. The van der Waals surface area contributed by atoms with Crippen molar-refractivity contribution in [3.63, 3.8) is 0 Å². The molecule has 0 saturated heterocycles. The number of aromatic nitrogens is 1. The molecule has 0 aliphatic heterocycles. The van der Waals surface area contributed by atoms with Gasteiger partial charge in [0.05, 0.1) is 18.5 Å². The number of pyridine rings is 1. The Kier molecular flexibility index (Phi) is 7.81. The maximum Gasteiger partial charge on any atom is 0.118 e. The summed E-state index contributed by atoms with van der Waals surface area (Å²) in [6.45, 7) is 4.25. The molecule has 1 N–H and O–H groups in total. The van der Waals surface area contributed by atoms with Crippen LogP contribution in [0.5, 0.6) is 11.5 Å². The van der Waals surface area contributed by atoms with Gasteiger partial charge in [-0.25, -0.2) is 4.98 Å². The van der Waals surface area contributed by atoms with Crippen molar-refractivity contribution in [3.05, 3.63) is 84.9 Å². The molecule has 1 heterocycles. The van der Waals surface area contributed by atoms with Crippen molar-refractivity contribution in [2.75, 3.05) is 7.11 Å². The summed E-state index contributed by atoms with van der Waals surface area (Å²) < 4.78 is 5.27. The fourth-order valence-electron chi connectivity index (χ4n) is 3.12. The highest BCUT2D eigenvalue weighted by Crippen LogP contribution is 2.34. The van der Waals surface area contributed by atoms with E-state index in [1.165, 1.54) is 6.42 Å².